The molecule has 0 fully saturated rings. The maximum Gasteiger partial charge on any atom is 0.227 e. The molecule has 2 N–H and O–H groups in total. The fraction of sp³-hybridized carbons (Fsp3) is 0.417. The molecule has 0 aliphatic heterocycles. The Hall–Kier alpha value is -0.930. The van der Waals surface area contributed by atoms with Crippen molar-refractivity contribution in [2.45, 2.75) is 26.7 Å². The summed E-state index contributed by atoms with van der Waals surface area (Å²) in [6.07, 6.45) is 1.49. The van der Waals surface area contributed by atoms with Crippen molar-refractivity contribution in [2.75, 3.05) is 5.32 Å². The number of hydrogen-bond donors (Lipinski definition) is 2. The van der Waals surface area contributed by atoms with Gasteiger partial charge >= 0.3 is 0 Å². The first-order valence-electron chi connectivity index (χ1n) is 5.48. The van der Waals surface area contributed by atoms with Crippen molar-refractivity contribution >= 4 is 34.8 Å². The first-order valence-corrected chi connectivity index (χ1v) is 6.24. The Morgan fingerprint density at radius 3 is 2.47 bits per heavy atom. The molecule has 0 spiro atoms. The summed E-state index contributed by atoms with van der Waals surface area (Å²) in [6.45, 7) is 3.89. The molecular weight excluding hydrogens is 261 g/mol. The zero-order valence-corrected chi connectivity index (χ0v) is 11.3. The monoisotopic (exact) mass is 275 g/mol. The topological polar surface area (TPSA) is 49.3 Å². The maximum absolute atomic E-state index is 11.8. The molecule has 0 unspecified atom stereocenters. The second-order valence-electron chi connectivity index (χ2n) is 3.79. The highest BCUT2D eigenvalue weighted by atomic mass is 35.5. The molecule has 0 aliphatic carbocycles. The standard InChI is InChI=1S/C12H15Cl2NO2/c1-3-7(4-2)12(17)15-10-6-8(13)5-9(14)11(10)16/h5-7,16H,3-4H2,1-2H3,(H,15,17). The first kappa shape index (κ1) is 14.1. The average Bonchev–Trinajstić information content (AvgIpc) is 2.27. The summed E-state index contributed by atoms with van der Waals surface area (Å²) < 4.78 is 0. The van der Waals surface area contributed by atoms with Gasteiger partial charge in [0.05, 0.1) is 10.7 Å². The second-order valence-corrected chi connectivity index (χ2v) is 4.63. The molecule has 0 radical (unpaired) electrons. The largest absolute Gasteiger partial charge is 0.504 e. The van der Waals surface area contributed by atoms with Crippen molar-refractivity contribution in [1.29, 1.82) is 0 Å². The smallest absolute Gasteiger partial charge is 0.227 e. The minimum absolute atomic E-state index is 0.0767. The number of amides is 1. The van der Waals surface area contributed by atoms with E-state index in [-0.39, 0.29) is 28.3 Å². The van der Waals surface area contributed by atoms with Crippen molar-refractivity contribution < 1.29 is 9.90 Å². The number of hydrogen-bond acceptors (Lipinski definition) is 2. The van der Waals surface area contributed by atoms with E-state index in [0.717, 1.165) is 12.8 Å². The number of phenolic OH excluding ortho intramolecular Hbond substituents is 1. The second kappa shape index (κ2) is 6.12. The van der Waals surface area contributed by atoms with Crippen LogP contribution < -0.4 is 5.32 Å². The number of rotatable bonds is 4. The summed E-state index contributed by atoms with van der Waals surface area (Å²) in [5.41, 5.74) is 0.249. The van der Waals surface area contributed by atoms with Gasteiger partial charge in [0.2, 0.25) is 5.91 Å². The normalized spacial score (nSPS) is 10.6. The zero-order valence-electron chi connectivity index (χ0n) is 9.76. The molecule has 17 heavy (non-hydrogen) atoms. The van der Waals surface area contributed by atoms with Gasteiger partial charge in [-0.3, -0.25) is 4.79 Å². The molecular formula is C12H15Cl2NO2. The predicted octanol–water partition coefficient (Wildman–Crippen LogP) is 4.07. The molecule has 0 saturated carbocycles. The van der Waals surface area contributed by atoms with Crippen LogP contribution in [0.2, 0.25) is 10.0 Å². The van der Waals surface area contributed by atoms with Crippen LogP contribution in [0.15, 0.2) is 12.1 Å². The van der Waals surface area contributed by atoms with Crippen LogP contribution in [-0.2, 0) is 4.79 Å². The molecule has 3 nitrogen and oxygen atoms in total. The summed E-state index contributed by atoms with van der Waals surface area (Å²) >= 11 is 11.6. The quantitative estimate of drug-likeness (QED) is 0.814. The van der Waals surface area contributed by atoms with Gasteiger partial charge in [0.15, 0.2) is 5.75 Å². The van der Waals surface area contributed by atoms with E-state index >= 15 is 0 Å². The lowest BCUT2D eigenvalue weighted by molar-refractivity contribution is -0.120. The molecule has 1 rings (SSSR count). The van der Waals surface area contributed by atoms with Gasteiger partial charge in [-0.25, -0.2) is 0 Å². The highest BCUT2D eigenvalue weighted by molar-refractivity contribution is 6.36. The van der Waals surface area contributed by atoms with E-state index < -0.39 is 0 Å². The van der Waals surface area contributed by atoms with Crippen molar-refractivity contribution in [2.24, 2.45) is 5.92 Å². The molecule has 5 heteroatoms. The van der Waals surface area contributed by atoms with E-state index in [1.165, 1.54) is 12.1 Å². The van der Waals surface area contributed by atoms with Gasteiger partial charge in [-0.2, -0.15) is 0 Å². The Labute approximate surface area is 111 Å². The van der Waals surface area contributed by atoms with Gasteiger partial charge < -0.3 is 10.4 Å². The van der Waals surface area contributed by atoms with Crippen molar-refractivity contribution in [3.05, 3.63) is 22.2 Å². The number of halogens is 2. The molecule has 1 aromatic rings. The number of nitrogens with one attached hydrogen (secondary N) is 1. The Morgan fingerprint density at radius 2 is 1.94 bits per heavy atom. The van der Waals surface area contributed by atoms with Gasteiger partial charge in [0.1, 0.15) is 0 Å². The lowest BCUT2D eigenvalue weighted by Crippen LogP contribution is -2.21. The molecule has 0 heterocycles. The van der Waals surface area contributed by atoms with Gasteiger partial charge in [0.25, 0.3) is 0 Å². The molecule has 0 aromatic heterocycles. The maximum atomic E-state index is 11.8. The number of anilines is 1. The van der Waals surface area contributed by atoms with Gasteiger partial charge in [-0.1, -0.05) is 37.0 Å². The third-order valence-corrected chi connectivity index (χ3v) is 3.15. The van der Waals surface area contributed by atoms with Crippen LogP contribution in [-0.4, -0.2) is 11.0 Å². The fourth-order valence-electron chi connectivity index (χ4n) is 1.56. The Morgan fingerprint density at radius 1 is 1.35 bits per heavy atom. The Bertz CT molecular complexity index is 417. The summed E-state index contributed by atoms with van der Waals surface area (Å²) in [5, 5.41) is 12.8. The third-order valence-electron chi connectivity index (χ3n) is 2.64. The molecule has 0 aliphatic rings. The molecule has 1 aromatic carbocycles. The zero-order chi connectivity index (χ0) is 13.0. The van der Waals surface area contributed by atoms with E-state index in [1.54, 1.807) is 0 Å². The number of carbonyl (C=O) groups is 1. The molecule has 0 bridgehead atoms. The molecule has 94 valence electrons. The number of phenols is 1. The van der Waals surface area contributed by atoms with Gasteiger partial charge in [-0.05, 0) is 25.0 Å². The lowest BCUT2D eigenvalue weighted by Gasteiger charge is -2.14. The Balaban J connectivity index is 2.92. The van der Waals surface area contributed by atoms with Gasteiger partial charge in [-0.15, -0.1) is 0 Å². The van der Waals surface area contributed by atoms with Crippen molar-refractivity contribution in [1.82, 2.24) is 0 Å². The summed E-state index contributed by atoms with van der Waals surface area (Å²) in [6, 6.07) is 2.90. The number of aromatic hydroxyl groups is 1. The predicted molar refractivity (Wildman–Crippen MR) is 70.8 cm³/mol. The minimum Gasteiger partial charge on any atom is -0.504 e. The van der Waals surface area contributed by atoms with E-state index in [4.69, 9.17) is 23.2 Å². The SMILES string of the molecule is CCC(CC)C(=O)Nc1cc(Cl)cc(Cl)c1O. The van der Waals surface area contributed by atoms with Crippen molar-refractivity contribution in [3.63, 3.8) is 0 Å². The van der Waals surface area contributed by atoms with Crippen LogP contribution in [0.25, 0.3) is 0 Å². The van der Waals surface area contributed by atoms with E-state index in [2.05, 4.69) is 5.32 Å². The minimum atomic E-state index is -0.157. The van der Waals surface area contributed by atoms with Crippen LogP contribution in [0.1, 0.15) is 26.7 Å². The third kappa shape index (κ3) is 3.51. The number of carbonyl (C=O) groups excluding carboxylic acids is 1. The van der Waals surface area contributed by atoms with E-state index in [0.29, 0.717) is 5.02 Å². The van der Waals surface area contributed by atoms with E-state index in [1.807, 2.05) is 13.8 Å². The lowest BCUT2D eigenvalue weighted by atomic mass is 10.0. The Kier molecular flexibility index (Phi) is 5.09. The highest BCUT2D eigenvalue weighted by Crippen LogP contribution is 2.35. The summed E-state index contributed by atoms with van der Waals surface area (Å²) in [5.74, 6) is -0.369. The molecule has 0 atom stereocenters. The van der Waals surface area contributed by atoms with Crippen LogP contribution in [0.4, 0.5) is 5.69 Å². The van der Waals surface area contributed by atoms with Crippen LogP contribution in [0.5, 0.6) is 5.75 Å². The van der Waals surface area contributed by atoms with Gasteiger partial charge in [0, 0.05) is 10.9 Å². The fourth-order valence-corrected chi connectivity index (χ4v) is 2.05. The van der Waals surface area contributed by atoms with Crippen molar-refractivity contribution in [3.8, 4) is 5.75 Å². The van der Waals surface area contributed by atoms with E-state index in [9.17, 15) is 9.90 Å². The summed E-state index contributed by atoms with van der Waals surface area (Å²) in [4.78, 5) is 11.8. The van der Waals surface area contributed by atoms with Crippen LogP contribution in [0, 0.1) is 5.92 Å². The molecule has 1 amide bonds. The first-order chi connectivity index (χ1) is 7.99. The highest BCUT2D eigenvalue weighted by Gasteiger charge is 2.17. The summed E-state index contributed by atoms with van der Waals surface area (Å²) in [7, 11) is 0. The van der Waals surface area contributed by atoms with Crippen LogP contribution in [0.3, 0.4) is 0 Å². The van der Waals surface area contributed by atoms with Crippen LogP contribution >= 0.6 is 23.2 Å². The number of benzene rings is 1. The average molecular weight is 276 g/mol. The molecule has 0 saturated heterocycles.